The predicted octanol–water partition coefficient (Wildman–Crippen LogP) is 3.13. The van der Waals surface area contributed by atoms with Gasteiger partial charge in [0.05, 0.1) is 19.0 Å². The largest absolute Gasteiger partial charge is 0.394 e. The molecule has 0 aliphatic heterocycles. The van der Waals surface area contributed by atoms with Crippen molar-refractivity contribution < 1.29 is 5.11 Å². The monoisotopic (exact) mass is 384 g/mol. The SMILES string of the molecule is CC[C@H](CO)N=C(N)N=C(c1ncn(C(C)C)c1C)N(CC)c1ccccc1. The van der Waals surface area contributed by atoms with E-state index in [9.17, 15) is 5.11 Å². The Morgan fingerprint density at radius 1 is 1.25 bits per heavy atom. The lowest BCUT2D eigenvalue weighted by atomic mass is 10.2. The lowest BCUT2D eigenvalue weighted by molar-refractivity contribution is 0.264. The Labute approximate surface area is 167 Å². The molecule has 0 saturated carbocycles. The molecule has 0 aliphatic carbocycles. The molecule has 0 amide bonds. The number of rotatable bonds is 7. The molecule has 0 spiro atoms. The second kappa shape index (κ2) is 10.0. The van der Waals surface area contributed by atoms with Gasteiger partial charge in [0.2, 0.25) is 5.96 Å². The summed E-state index contributed by atoms with van der Waals surface area (Å²) in [5.41, 5.74) is 8.94. The minimum Gasteiger partial charge on any atom is -0.394 e. The lowest BCUT2D eigenvalue weighted by Crippen LogP contribution is -2.34. The fourth-order valence-electron chi connectivity index (χ4n) is 3.05. The first-order valence-electron chi connectivity index (χ1n) is 9.82. The van der Waals surface area contributed by atoms with Crippen molar-refractivity contribution in [2.75, 3.05) is 18.1 Å². The fraction of sp³-hybridized carbons (Fsp3) is 0.476. The van der Waals surface area contributed by atoms with Crippen LogP contribution in [0.2, 0.25) is 0 Å². The third-order valence-corrected chi connectivity index (χ3v) is 4.67. The number of nitrogens with two attached hydrogens (primary N) is 1. The summed E-state index contributed by atoms with van der Waals surface area (Å²) in [4.78, 5) is 15.7. The molecular weight excluding hydrogens is 352 g/mol. The Kier molecular flexibility index (Phi) is 7.75. The smallest absolute Gasteiger partial charge is 0.217 e. The molecule has 1 aromatic carbocycles. The fourth-order valence-corrected chi connectivity index (χ4v) is 3.05. The van der Waals surface area contributed by atoms with Crippen molar-refractivity contribution in [2.45, 2.75) is 53.1 Å². The zero-order chi connectivity index (χ0) is 20.7. The van der Waals surface area contributed by atoms with Crippen LogP contribution in [0.3, 0.4) is 0 Å². The van der Waals surface area contributed by atoms with Gasteiger partial charge in [-0.25, -0.2) is 9.98 Å². The van der Waals surface area contributed by atoms with Crippen LogP contribution in [0.4, 0.5) is 5.69 Å². The van der Waals surface area contributed by atoms with Crippen LogP contribution < -0.4 is 10.6 Å². The predicted molar refractivity (Wildman–Crippen MR) is 116 cm³/mol. The third-order valence-electron chi connectivity index (χ3n) is 4.67. The zero-order valence-electron chi connectivity index (χ0n) is 17.5. The Morgan fingerprint density at radius 3 is 2.43 bits per heavy atom. The first-order chi connectivity index (χ1) is 13.4. The van der Waals surface area contributed by atoms with Gasteiger partial charge in [-0.15, -0.1) is 0 Å². The number of hydrogen-bond acceptors (Lipinski definition) is 3. The van der Waals surface area contributed by atoms with E-state index in [-0.39, 0.29) is 18.6 Å². The molecule has 1 atom stereocenters. The van der Waals surface area contributed by atoms with E-state index >= 15 is 0 Å². The summed E-state index contributed by atoms with van der Waals surface area (Å²) >= 11 is 0. The van der Waals surface area contributed by atoms with Crippen LogP contribution >= 0.6 is 0 Å². The van der Waals surface area contributed by atoms with E-state index in [4.69, 9.17) is 5.73 Å². The van der Waals surface area contributed by atoms with Crippen molar-refractivity contribution >= 4 is 17.5 Å². The van der Waals surface area contributed by atoms with Crippen LogP contribution in [0.1, 0.15) is 51.5 Å². The topological polar surface area (TPSA) is 92.0 Å². The molecular formula is C21H32N6O. The maximum atomic E-state index is 9.43. The van der Waals surface area contributed by atoms with Crippen molar-refractivity contribution in [1.29, 1.82) is 0 Å². The quantitative estimate of drug-likeness (QED) is 0.567. The summed E-state index contributed by atoms with van der Waals surface area (Å²) in [6.07, 6.45) is 2.53. The van der Waals surface area contributed by atoms with Crippen LogP contribution in [0.5, 0.6) is 0 Å². The van der Waals surface area contributed by atoms with Crippen molar-refractivity contribution in [1.82, 2.24) is 9.55 Å². The number of imidazole rings is 1. The molecule has 7 heteroatoms. The van der Waals surface area contributed by atoms with Crippen LogP contribution in [-0.4, -0.2) is 45.6 Å². The van der Waals surface area contributed by atoms with E-state index in [1.54, 1.807) is 0 Å². The maximum Gasteiger partial charge on any atom is 0.217 e. The summed E-state index contributed by atoms with van der Waals surface area (Å²) in [5, 5.41) is 9.43. The number of aliphatic hydroxyl groups is 1. The molecule has 28 heavy (non-hydrogen) atoms. The first kappa shape index (κ1) is 21.6. The van der Waals surface area contributed by atoms with Gasteiger partial charge in [0.25, 0.3) is 0 Å². The highest BCUT2D eigenvalue weighted by Crippen LogP contribution is 2.20. The van der Waals surface area contributed by atoms with E-state index in [0.717, 1.165) is 17.1 Å². The van der Waals surface area contributed by atoms with Crippen molar-refractivity contribution in [3.8, 4) is 0 Å². The van der Waals surface area contributed by atoms with E-state index in [1.165, 1.54) is 0 Å². The Balaban J connectivity index is 2.60. The highest BCUT2D eigenvalue weighted by Gasteiger charge is 2.21. The number of nitrogens with zero attached hydrogens (tertiary/aromatic N) is 5. The average Bonchev–Trinajstić information content (AvgIpc) is 3.08. The first-order valence-corrected chi connectivity index (χ1v) is 9.82. The van der Waals surface area contributed by atoms with E-state index in [1.807, 2.05) is 50.5 Å². The minimum atomic E-state index is -0.258. The third kappa shape index (κ3) is 4.98. The number of aromatic nitrogens is 2. The summed E-state index contributed by atoms with van der Waals surface area (Å²) in [5.74, 6) is 0.795. The molecule has 0 saturated heterocycles. The maximum absolute atomic E-state index is 9.43. The molecule has 0 unspecified atom stereocenters. The number of aliphatic hydroxyl groups excluding tert-OH is 1. The van der Waals surface area contributed by atoms with E-state index < -0.39 is 0 Å². The summed E-state index contributed by atoms with van der Waals surface area (Å²) in [7, 11) is 0. The molecule has 0 fully saturated rings. The molecule has 0 radical (unpaired) electrons. The number of benzene rings is 1. The molecule has 1 aromatic heterocycles. The number of aliphatic imine (C=N–C) groups is 2. The van der Waals surface area contributed by atoms with Crippen molar-refractivity contribution in [2.24, 2.45) is 15.7 Å². The normalized spacial score (nSPS) is 13.8. The van der Waals surface area contributed by atoms with Gasteiger partial charge in [-0.2, -0.15) is 4.99 Å². The molecule has 2 rings (SSSR count). The Bertz CT molecular complexity index is 806. The van der Waals surface area contributed by atoms with Gasteiger partial charge in [0, 0.05) is 24.0 Å². The zero-order valence-corrected chi connectivity index (χ0v) is 17.5. The molecule has 3 N–H and O–H groups in total. The summed E-state index contributed by atoms with van der Waals surface area (Å²) in [6.45, 7) is 10.9. The lowest BCUT2D eigenvalue weighted by Gasteiger charge is -2.24. The highest BCUT2D eigenvalue weighted by atomic mass is 16.3. The molecule has 7 nitrogen and oxygen atoms in total. The van der Waals surface area contributed by atoms with Gasteiger partial charge < -0.3 is 20.3 Å². The average molecular weight is 385 g/mol. The van der Waals surface area contributed by atoms with Gasteiger partial charge in [-0.05, 0) is 46.2 Å². The van der Waals surface area contributed by atoms with Gasteiger partial charge >= 0.3 is 0 Å². The van der Waals surface area contributed by atoms with Gasteiger partial charge in [-0.1, -0.05) is 25.1 Å². The van der Waals surface area contributed by atoms with Crippen LogP contribution in [-0.2, 0) is 0 Å². The number of hydrogen-bond donors (Lipinski definition) is 2. The number of anilines is 1. The van der Waals surface area contributed by atoms with Crippen LogP contribution in [0.15, 0.2) is 46.6 Å². The Hall–Kier alpha value is -2.67. The second-order valence-corrected chi connectivity index (χ2v) is 6.93. The Morgan fingerprint density at radius 2 is 1.93 bits per heavy atom. The van der Waals surface area contributed by atoms with Crippen molar-refractivity contribution in [3.05, 3.63) is 48.0 Å². The standard InChI is InChI=1S/C21H32N6O/c1-6-17(13-28)24-21(22)25-20(19-16(5)27(14-23-19)15(3)4)26(7-2)18-11-9-8-10-12-18/h8-12,14-15,17,28H,6-7,13H2,1-5H3,(H2,22,24)/t17-/m1/s1. The molecule has 0 bridgehead atoms. The van der Waals surface area contributed by atoms with E-state index in [0.29, 0.717) is 24.8 Å². The number of guanidine groups is 1. The molecule has 152 valence electrons. The second-order valence-electron chi connectivity index (χ2n) is 6.93. The number of amidine groups is 1. The van der Waals surface area contributed by atoms with Gasteiger partial charge in [-0.3, -0.25) is 0 Å². The minimum absolute atomic E-state index is 0.0563. The van der Waals surface area contributed by atoms with Gasteiger partial charge in [0.1, 0.15) is 5.69 Å². The molecule has 2 aromatic rings. The van der Waals surface area contributed by atoms with Gasteiger partial charge in [0.15, 0.2) is 5.84 Å². The van der Waals surface area contributed by atoms with Crippen LogP contribution in [0, 0.1) is 6.92 Å². The summed E-state index contributed by atoms with van der Waals surface area (Å²) in [6, 6.07) is 10.1. The summed E-state index contributed by atoms with van der Waals surface area (Å²) < 4.78 is 2.11. The molecule has 0 aliphatic rings. The van der Waals surface area contributed by atoms with Crippen molar-refractivity contribution in [3.63, 3.8) is 0 Å². The van der Waals surface area contributed by atoms with E-state index in [2.05, 4.69) is 45.2 Å². The van der Waals surface area contributed by atoms with Crippen LogP contribution in [0.25, 0.3) is 0 Å². The molecule has 1 heterocycles. The number of para-hydroxylation sites is 1. The highest BCUT2D eigenvalue weighted by molar-refractivity contribution is 6.13.